The first kappa shape index (κ1) is 25.6. The van der Waals surface area contributed by atoms with E-state index in [-0.39, 0.29) is 11.2 Å². The number of hydrogen-bond acceptors (Lipinski definition) is 3. The summed E-state index contributed by atoms with van der Waals surface area (Å²) in [5, 5.41) is 2.38. The highest BCUT2D eigenvalue weighted by molar-refractivity contribution is 6.62. The van der Waals surface area contributed by atoms with E-state index in [1.54, 1.807) is 0 Å². The van der Waals surface area contributed by atoms with Crippen LogP contribution in [-0.4, -0.2) is 22.9 Å². The van der Waals surface area contributed by atoms with Gasteiger partial charge in [-0.1, -0.05) is 72.8 Å². The van der Waals surface area contributed by atoms with Crippen molar-refractivity contribution in [1.82, 2.24) is 4.57 Å². The normalized spacial score (nSPS) is 16.0. The number of hydrogen-bond donors (Lipinski definition) is 0. The maximum absolute atomic E-state index is 6.39. The van der Waals surface area contributed by atoms with Gasteiger partial charge in [-0.05, 0) is 87.8 Å². The van der Waals surface area contributed by atoms with E-state index in [4.69, 9.17) is 9.31 Å². The Morgan fingerprint density at radius 1 is 0.537 bits per heavy atom. The van der Waals surface area contributed by atoms with Gasteiger partial charge in [0.2, 0.25) is 0 Å². The standard InChI is InChI=1S/C36H33BN2O2/c1-35(2)36(3,4)41-37(40-35)26-22-23-34-32(24-26)31-20-11-12-21-33(31)39(34)30-19-13-18-29(25-30)38(27-14-7-5-8-15-27)28-16-9-6-10-17-28/h5-25H,1-4H3. The van der Waals surface area contributed by atoms with Crippen LogP contribution in [0, 0.1) is 0 Å². The monoisotopic (exact) mass is 536 g/mol. The van der Waals surface area contributed by atoms with Gasteiger partial charge in [-0.3, -0.25) is 0 Å². The molecule has 5 heteroatoms. The zero-order valence-corrected chi connectivity index (χ0v) is 23.9. The van der Waals surface area contributed by atoms with Gasteiger partial charge in [-0.25, -0.2) is 0 Å². The molecule has 0 radical (unpaired) electrons. The summed E-state index contributed by atoms with van der Waals surface area (Å²) in [5.41, 5.74) is 7.01. The van der Waals surface area contributed by atoms with E-state index in [1.807, 2.05) is 0 Å². The van der Waals surface area contributed by atoms with Crippen LogP contribution < -0.4 is 10.4 Å². The molecule has 0 spiro atoms. The molecule has 1 fully saturated rings. The molecule has 2 heterocycles. The van der Waals surface area contributed by atoms with Crippen LogP contribution in [0.3, 0.4) is 0 Å². The Morgan fingerprint density at radius 3 is 1.76 bits per heavy atom. The minimum Gasteiger partial charge on any atom is -0.399 e. The smallest absolute Gasteiger partial charge is 0.399 e. The second kappa shape index (κ2) is 9.65. The fourth-order valence-electron chi connectivity index (χ4n) is 5.77. The first-order valence-electron chi connectivity index (χ1n) is 14.2. The van der Waals surface area contributed by atoms with Gasteiger partial charge in [-0.2, -0.15) is 0 Å². The lowest BCUT2D eigenvalue weighted by Gasteiger charge is -2.32. The van der Waals surface area contributed by atoms with E-state index < -0.39 is 7.12 Å². The number of fused-ring (bicyclic) bond motifs is 3. The quantitative estimate of drug-likeness (QED) is 0.207. The van der Waals surface area contributed by atoms with Gasteiger partial charge in [-0.15, -0.1) is 0 Å². The van der Waals surface area contributed by atoms with Gasteiger partial charge in [0.25, 0.3) is 0 Å². The minimum atomic E-state index is -0.403. The molecule has 5 aromatic carbocycles. The summed E-state index contributed by atoms with van der Waals surface area (Å²) >= 11 is 0. The molecule has 7 rings (SSSR count). The second-order valence-corrected chi connectivity index (χ2v) is 11.7. The fraction of sp³-hybridized carbons (Fsp3) is 0.167. The number of benzene rings is 5. The Bertz CT molecular complexity index is 1810. The lowest BCUT2D eigenvalue weighted by atomic mass is 9.78. The van der Waals surface area contributed by atoms with Crippen LogP contribution in [-0.2, 0) is 9.31 Å². The van der Waals surface area contributed by atoms with Crippen LogP contribution >= 0.6 is 0 Å². The topological polar surface area (TPSA) is 26.6 Å². The number of nitrogens with zero attached hydrogens (tertiary/aromatic N) is 2. The summed E-state index contributed by atoms with van der Waals surface area (Å²) < 4.78 is 15.1. The molecule has 202 valence electrons. The number of anilines is 3. The molecule has 0 bridgehead atoms. The third-order valence-corrected chi connectivity index (χ3v) is 8.60. The van der Waals surface area contributed by atoms with Gasteiger partial charge in [0, 0.05) is 33.5 Å². The number of aromatic nitrogens is 1. The third kappa shape index (κ3) is 4.33. The first-order valence-corrected chi connectivity index (χ1v) is 14.2. The van der Waals surface area contributed by atoms with Crippen LogP contribution in [0.2, 0.25) is 0 Å². The van der Waals surface area contributed by atoms with Crippen molar-refractivity contribution >= 4 is 51.4 Å². The van der Waals surface area contributed by atoms with Crippen molar-refractivity contribution in [1.29, 1.82) is 0 Å². The average molecular weight is 536 g/mol. The Balaban J connectivity index is 1.38. The molecular weight excluding hydrogens is 503 g/mol. The summed E-state index contributed by atoms with van der Waals surface area (Å²) in [6.45, 7) is 8.38. The molecule has 1 aromatic heterocycles. The van der Waals surface area contributed by atoms with Crippen molar-refractivity contribution in [2.75, 3.05) is 4.90 Å². The lowest BCUT2D eigenvalue weighted by Crippen LogP contribution is -2.41. The van der Waals surface area contributed by atoms with E-state index in [1.165, 1.54) is 10.8 Å². The van der Waals surface area contributed by atoms with Crippen molar-refractivity contribution in [3.05, 3.63) is 127 Å². The number of para-hydroxylation sites is 3. The predicted octanol–water partition coefficient (Wildman–Crippen LogP) is 8.55. The Morgan fingerprint density at radius 2 is 1.10 bits per heavy atom. The van der Waals surface area contributed by atoms with Crippen LogP contribution in [0.4, 0.5) is 17.1 Å². The molecule has 0 saturated carbocycles. The van der Waals surface area contributed by atoms with Crippen LogP contribution in [0.1, 0.15) is 27.7 Å². The summed E-state index contributed by atoms with van der Waals surface area (Å²) in [7, 11) is -0.403. The van der Waals surface area contributed by atoms with Gasteiger partial charge in [0.15, 0.2) is 0 Å². The van der Waals surface area contributed by atoms with E-state index in [2.05, 4.69) is 165 Å². The second-order valence-electron chi connectivity index (χ2n) is 11.7. The first-order chi connectivity index (χ1) is 19.8. The van der Waals surface area contributed by atoms with E-state index in [0.29, 0.717) is 0 Å². The van der Waals surface area contributed by atoms with E-state index >= 15 is 0 Å². The van der Waals surface area contributed by atoms with Crippen LogP contribution in [0.25, 0.3) is 27.5 Å². The highest BCUT2D eigenvalue weighted by Gasteiger charge is 2.51. The maximum atomic E-state index is 6.39. The van der Waals surface area contributed by atoms with Crippen LogP contribution in [0.5, 0.6) is 0 Å². The maximum Gasteiger partial charge on any atom is 0.494 e. The van der Waals surface area contributed by atoms with Gasteiger partial charge >= 0.3 is 7.12 Å². The van der Waals surface area contributed by atoms with Gasteiger partial charge in [0.1, 0.15) is 0 Å². The van der Waals surface area contributed by atoms with Crippen LogP contribution in [0.15, 0.2) is 127 Å². The summed E-state index contributed by atoms with van der Waals surface area (Å²) in [5.74, 6) is 0. The molecular formula is C36H33BN2O2. The highest BCUT2D eigenvalue weighted by atomic mass is 16.7. The molecule has 0 atom stereocenters. The Kier molecular flexibility index (Phi) is 6.04. The van der Waals surface area contributed by atoms with Gasteiger partial charge < -0.3 is 18.8 Å². The molecule has 4 nitrogen and oxygen atoms in total. The zero-order chi connectivity index (χ0) is 28.2. The largest absolute Gasteiger partial charge is 0.494 e. The van der Waals surface area contributed by atoms with Crippen molar-refractivity contribution in [2.45, 2.75) is 38.9 Å². The van der Waals surface area contributed by atoms with Crippen molar-refractivity contribution in [3.8, 4) is 5.69 Å². The predicted molar refractivity (Wildman–Crippen MR) is 171 cm³/mol. The molecule has 0 unspecified atom stereocenters. The SMILES string of the molecule is CC1(C)OB(c2ccc3c(c2)c2ccccc2n3-c2cccc(N(c3ccccc3)c3ccccc3)c2)OC1(C)C. The minimum absolute atomic E-state index is 0.384. The molecule has 0 aliphatic carbocycles. The molecule has 1 saturated heterocycles. The summed E-state index contributed by atoms with van der Waals surface area (Å²) in [6.07, 6.45) is 0. The van der Waals surface area contributed by atoms with E-state index in [9.17, 15) is 0 Å². The lowest BCUT2D eigenvalue weighted by molar-refractivity contribution is 0.00578. The summed E-state index contributed by atoms with van der Waals surface area (Å²) in [6, 6.07) is 45.0. The molecule has 0 N–H and O–H groups in total. The van der Waals surface area contributed by atoms with Crippen molar-refractivity contribution in [2.24, 2.45) is 0 Å². The molecule has 6 aromatic rings. The number of rotatable bonds is 5. The summed E-state index contributed by atoms with van der Waals surface area (Å²) in [4.78, 5) is 2.30. The molecule has 1 aliphatic rings. The van der Waals surface area contributed by atoms with E-state index in [0.717, 1.165) is 39.2 Å². The van der Waals surface area contributed by atoms with Crippen molar-refractivity contribution in [3.63, 3.8) is 0 Å². The molecule has 1 aliphatic heterocycles. The zero-order valence-electron chi connectivity index (χ0n) is 23.9. The highest BCUT2D eigenvalue weighted by Crippen LogP contribution is 2.39. The molecule has 41 heavy (non-hydrogen) atoms. The van der Waals surface area contributed by atoms with Crippen molar-refractivity contribution < 1.29 is 9.31 Å². The average Bonchev–Trinajstić information content (AvgIpc) is 3.43. The fourth-order valence-corrected chi connectivity index (χ4v) is 5.77. The Labute approximate surface area is 241 Å². The molecule has 0 amide bonds. The van der Waals surface area contributed by atoms with Gasteiger partial charge in [0.05, 0.1) is 22.2 Å². The third-order valence-electron chi connectivity index (χ3n) is 8.60. The Hall–Kier alpha value is -4.32.